The van der Waals surface area contributed by atoms with Gasteiger partial charge in [0.1, 0.15) is 0 Å². The standard InChI is InChI=1S/C19H25N3O2S/c1-2-18(16-7-5-8-17(14-16)25(20,23)24)21-11-13-22-12-10-15-6-3-4-9-19(15)22/h3-9,14,18,21H,2,10-13H2,1H3,(H2,20,23,24). The van der Waals surface area contributed by atoms with Crippen LogP contribution >= 0.6 is 0 Å². The molecule has 2 aromatic carbocycles. The molecule has 0 spiro atoms. The van der Waals surface area contributed by atoms with Gasteiger partial charge in [0.05, 0.1) is 4.90 Å². The molecule has 134 valence electrons. The summed E-state index contributed by atoms with van der Waals surface area (Å²) >= 11 is 0. The van der Waals surface area contributed by atoms with Crippen molar-refractivity contribution in [2.45, 2.75) is 30.7 Å². The molecule has 0 aromatic heterocycles. The largest absolute Gasteiger partial charge is 0.370 e. The van der Waals surface area contributed by atoms with Crippen LogP contribution in [0.25, 0.3) is 0 Å². The van der Waals surface area contributed by atoms with Gasteiger partial charge < -0.3 is 10.2 Å². The van der Waals surface area contributed by atoms with Gasteiger partial charge in [0.15, 0.2) is 0 Å². The monoisotopic (exact) mass is 359 g/mol. The molecular weight excluding hydrogens is 334 g/mol. The molecule has 6 heteroatoms. The highest BCUT2D eigenvalue weighted by molar-refractivity contribution is 7.89. The zero-order valence-electron chi connectivity index (χ0n) is 14.5. The van der Waals surface area contributed by atoms with Crippen LogP contribution in [0.1, 0.15) is 30.5 Å². The smallest absolute Gasteiger partial charge is 0.238 e. The number of nitrogens with two attached hydrogens (primary N) is 1. The van der Waals surface area contributed by atoms with Gasteiger partial charge in [0, 0.05) is 31.4 Å². The normalized spacial score (nSPS) is 15.2. The van der Waals surface area contributed by atoms with E-state index in [2.05, 4.69) is 41.4 Å². The summed E-state index contributed by atoms with van der Waals surface area (Å²) in [6.45, 7) is 4.92. The molecule has 0 aliphatic carbocycles. The maximum atomic E-state index is 11.6. The number of nitrogens with one attached hydrogen (secondary N) is 1. The van der Waals surface area contributed by atoms with Gasteiger partial charge in [-0.15, -0.1) is 0 Å². The molecule has 0 amide bonds. The van der Waals surface area contributed by atoms with Crippen LogP contribution in [0.2, 0.25) is 0 Å². The van der Waals surface area contributed by atoms with Crippen molar-refractivity contribution < 1.29 is 8.42 Å². The zero-order chi connectivity index (χ0) is 17.9. The molecule has 25 heavy (non-hydrogen) atoms. The Morgan fingerprint density at radius 1 is 1.20 bits per heavy atom. The molecular formula is C19H25N3O2S. The molecule has 1 atom stereocenters. The number of nitrogens with zero attached hydrogens (tertiary/aromatic N) is 1. The molecule has 1 aliphatic rings. The number of benzene rings is 2. The third-order valence-corrected chi connectivity index (χ3v) is 5.66. The van der Waals surface area contributed by atoms with Crippen LogP contribution in [0.5, 0.6) is 0 Å². The Morgan fingerprint density at radius 2 is 2.00 bits per heavy atom. The number of fused-ring (bicyclic) bond motifs is 1. The second kappa shape index (κ2) is 7.56. The highest BCUT2D eigenvalue weighted by Crippen LogP contribution is 2.27. The van der Waals surface area contributed by atoms with Crippen molar-refractivity contribution in [1.82, 2.24) is 5.32 Å². The van der Waals surface area contributed by atoms with Crippen molar-refractivity contribution in [3.05, 3.63) is 59.7 Å². The Balaban J connectivity index is 1.62. The molecule has 0 fully saturated rings. The summed E-state index contributed by atoms with van der Waals surface area (Å²) in [6, 6.07) is 15.5. The molecule has 3 N–H and O–H groups in total. The molecule has 0 saturated heterocycles. The molecule has 5 nitrogen and oxygen atoms in total. The first kappa shape index (κ1) is 17.9. The third kappa shape index (κ3) is 4.21. The van der Waals surface area contributed by atoms with Crippen LogP contribution in [-0.2, 0) is 16.4 Å². The first-order chi connectivity index (χ1) is 12.0. The van der Waals surface area contributed by atoms with E-state index in [-0.39, 0.29) is 10.9 Å². The second-order valence-corrected chi connectivity index (χ2v) is 7.96. The Morgan fingerprint density at radius 3 is 2.76 bits per heavy atom. The summed E-state index contributed by atoms with van der Waals surface area (Å²) in [7, 11) is -3.67. The minimum Gasteiger partial charge on any atom is -0.370 e. The first-order valence-electron chi connectivity index (χ1n) is 8.68. The fourth-order valence-corrected chi connectivity index (χ4v) is 3.99. The molecule has 1 unspecified atom stereocenters. The molecule has 0 saturated carbocycles. The lowest BCUT2D eigenvalue weighted by Crippen LogP contribution is -2.32. The molecule has 0 bridgehead atoms. The summed E-state index contributed by atoms with van der Waals surface area (Å²) in [6.07, 6.45) is 1.98. The van der Waals surface area contributed by atoms with E-state index in [1.54, 1.807) is 12.1 Å². The minimum atomic E-state index is -3.67. The van der Waals surface area contributed by atoms with E-state index in [1.165, 1.54) is 17.3 Å². The lowest BCUT2D eigenvalue weighted by Gasteiger charge is -2.23. The van der Waals surface area contributed by atoms with Crippen LogP contribution < -0.4 is 15.4 Å². The van der Waals surface area contributed by atoms with E-state index >= 15 is 0 Å². The summed E-state index contributed by atoms with van der Waals surface area (Å²) in [5, 5.41) is 8.79. The topological polar surface area (TPSA) is 75.4 Å². The quantitative estimate of drug-likeness (QED) is 0.796. The van der Waals surface area contributed by atoms with Crippen LogP contribution in [0.15, 0.2) is 53.4 Å². The zero-order valence-corrected chi connectivity index (χ0v) is 15.3. The van der Waals surface area contributed by atoms with E-state index in [9.17, 15) is 8.42 Å². The van der Waals surface area contributed by atoms with Crippen molar-refractivity contribution >= 4 is 15.7 Å². The van der Waals surface area contributed by atoms with Crippen molar-refractivity contribution in [1.29, 1.82) is 0 Å². The van der Waals surface area contributed by atoms with E-state index in [0.717, 1.165) is 38.0 Å². The lowest BCUT2D eigenvalue weighted by molar-refractivity contribution is 0.520. The minimum absolute atomic E-state index is 0.111. The van der Waals surface area contributed by atoms with Gasteiger partial charge in [-0.3, -0.25) is 0 Å². The summed E-state index contributed by atoms with van der Waals surface area (Å²) in [5.74, 6) is 0. The number of sulfonamides is 1. The van der Waals surface area contributed by atoms with Gasteiger partial charge in [-0.05, 0) is 42.2 Å². The van der Waals surface area contributed by atoms with E-state index < -0.39 is 10.0 Å². The van der Waals surface area contributed by atoms with Gasteiger partial charge in [-0.1, -0.05) is 37.3 Å². The van der Waals surface area contributed by atoms with E-state index in [0.29, 0.717) is 0 Å². The fourth-order valence-electron chi connectivity index (χ4n) is 3.42. The number of hydrogen-bond donors (Lipinski definition) is 2. The highest BCUT2D eigenvalue weighted by Gasteiger charge is 2.18. The van der Waals surface area contributed by atoms with Crippen LogP contribution in [0, 0.1) is 0 Å². The van der Waals surface area contributed by atoms with Crippen molar-refractivity contribution in [2.24, 2.45) is 5.14 Å². The van der Waals surface area contributed by atoms with Crippen LogP contribution in [0.3, 0.4) is 0 Å². The second-order valence-electron chi connectivity index (χ2n) is 6.40. The van der Waals surface area contributed by atoms with Gasteiger partial charge >= 0.3 is 0 Å². The maximum absolute atomic E-state index is 11.6. The van der Waals surface area contributed by atoms with E-state index in [4.69, 9.17) is 5.14 Å². The molecule has 1 aliphatic heterocycles. The SMILES string of the molecule is CCC(NCCN1CCc2ccccc21)c1cccc(S(N)(=O)=O)c1. The molecule has 0 radical (unpaired) electrons. The number of primary sulfonamides is 1. The summed E-state index contributed by atoms with van der Waals surface area (Å²) < 4.78 is 23.1. The highest BCUT2D eigenvalue weighted by atomic mass is 32.2. The van der Waals surface area contributed by atoms with E-state index in [1.807, 2.05) is 6.07 Å². The van der Waals surface area contributed by atoms with Crippen LogP contribution in [-0.4, -0.2) is 28.1 Å². The average molecular weight is 359 g/mol. The van der Waals surface area contributed by atoms with Gasteiger partial charge in [0.25, 0.3) is 0 Å². The Hall–Kier alpha value is -1.89. The predicted molar refractivity (Wildman–Crippen MR) is 101 cm³/mol. The number of anilines is 1. The third-order valence-electron chi connectivity index (χ3n) is 4.75. The maximum Gasteiger partial charge on any atom is 0.238 e. The predicted octanol–water partition coefficient (Wildman–Crippen LogP) is 2.44. The number of hydrogen-bond acceptors (Lipinski definition) is 4. The summed E-state index contributed by atoms with van der Waals surface area (Å²) in [5.41, 5.74) is 3.69. The number of para-hydroxylation sites is 1. The molecule has 1 heterocycles. The Bertz CT molecular complexity index is 836. The molecule has 3 rings (SSSR count). The van der Waals surface area contributed by atoms with Gasteiger partial charge in [-0.2, -0.15) is 0 Å². The van der Waals surface area contributed by atoms with Gasteiger partial charge in [-0.25, -0.2) is 13.6 Å². The summed E-state index contributed by atoms with van der Waals surface area (Å²) in [4.78, 5) is 2.56. The Labute approximate surface area is 149 Å². The average Bonchev–Trinajstić information content (AvgIpc) is 3.01. The lowest BCUT2D eigenvalue weighted by atomic mass is 10.0. The van der Waals surface area contributed by atoms with Gasteiger partial charge in [0.2, 0.25) is 10.0 Å². The van der Waals surface area contributed by atoms with Crippen LogP contribution in [0.4, 0.5) is 5.69 Å². The number of rotatable bonds is 7. The van der Waals surface area contributed by atoms with Crippen molar-refractivity contribution in [2.75, 3.05) is 24.5 Å². The Kier molecular flexibility index (Phi) is 5.42. The first-order valence-corrected chi connectivity index (χ1v) is 10.2. The van der Waals surface area contributed by atoms with Crippen molar-refractivity contribution in [3.8, 4) is 0 Å². The molecule has 2 aromatic rings. The fraction of sp³-hybridized carbons (Fsp3) is 0.368. The van der Waals surface area contributed by atoms with Crippen molar-refractivity contribution in [3.63, 3.8) is 0 Å².